The number of nitrogens with one attached hydrogen (secondary N) is 1. The van der Waals surface area contributed by atoms with E-state index >= 15 is 0 Å². The second-order valence-corrected chi connectivity index (χ2v) is 7.89. The highest BCUT2D eigenvalue weighted by Gasteiger charge is 2.29. The van der Waals surface area contributed by atoms with Crippen LogP contribution in [0, 0.1) is 11.8 Å². The standard InChI is InChI=1S/C10H18N4O2S2/c1-6-3-4-8(5-7(6)2)14-18(15,16)10-13-12-9(11)17-10/h6-8,14H,3-5H2,1-2H3,(H2,11,12). The number of anilines is 1. The van der Waals surface area contributed by atoms with Crippen molar-refractivity contribution < 1.29 is 8.42 Å². The zero-order chi connectivity index (χ0) is 13.3. The molecular formula is C10H18N4O2S2. The molecule has 0 aromatic carbocycles. The van der Waals surface area contributed by atoms with Crippen LogP contribution in [-0.4, -0.2) is 24.7 Å². The molecule has 18 heavy (non-hydrogen) atoms. The summed E-state index contributed by atoms with van der Waals surface area (Å²) >= 11 is 0.890. The van der Waals surface area contributed by atoms with Gasteiger partial charge in [0, 0.05) is 6.04 Å². The molecule has 1 aliphatic rings. The summed E-state index contributed by atoms with van der Waals surface area (Å²) in [5.41, 5.74) is 5.40. The Bertz CT molecular complexity index is 514. The maximum Gasteiger partial charge on any atom is 0.270 e. The van der Waals surface area contributed by atoms with E-state index in [-0.39, 0.29) is 15.5 Å². The van der Waals surface area contributed by atoms with E-state index < -0.39 is 10.0 Å². The molecule has 0 amide bonds. The van der Waals surface area contributed by atoms with Crippen molar-refractivity contribution in [2.45, 2.75) is 43.5 Å². The van der Waals surface area contributed by atoms with E-state index in [1.165, 1.54) is 0 Å². The van der Waals surface area contributed by atoms with Gasteiger partial charge >= 0.3 is 0 Å². The van der Waals surface area contributed by atoms with Crippen molar-refractivity contribution in [1.29, 1.82) is 0 Å². The van der Waals surface area contributed by atoms with Crippen LogP contribution in [0.2, 0.25) is 0 Å². The zero-order valence-corrected chi connectivity index (χ0v) is 12.1. The van der Waals surface area contributed by atoms with Gasteiger partial charge in [-0.25, -0.2) is 13.1 Å². The fourth-order valence-electron chi connectivity index (χ4n) is 2.25. The van der Waals surface area contributed by atoms with Gasteiger partial charge in [-0.1, -0.05) is 25.2 Å². The minimum atomic E-state index is -3.57. The van der Waals surface area contributed by atoms with Gasteiger partial charge in [0.2, 0.25) is 9.47 Å². The lowest BCUT2D eigenvalue weighted by Crippen LogP contribution is -2.39. The molecule has 3 atom stereocenters. The number of hydrogen-bond donors (Lipinski definition) is 2. The minimum Gasteiger partial charge on any atom is -0.374 e. The van der Waals surface area contributed by atoms with Gasteiger partial charge in [0.15, 0.2) is 0 Å². The molecule has 2 rings (SSSR count). The topological polar surface area (TPSA) is 98.0 Å². The number of nitrogens with zero attached hydrogens (tertiary/aromatic N) is 2. The molecule has 1 saturated carbocycles. The minimum absolute atomic E-state index is 0.00803. The predicted molar refractivity (Wildman–Crippen MR) is 70.6 cm³/mol. The average molecular weight is 290 g/mol. The summed E-state index contributed by atoms with van der Waals surface area (Å²) in [6.45, 7) is 4.37. The molecule has 3 N–H and O–H groups in total. The van der Waals surface area contributed by atoms with Crippen LogP contribution >= 0.6 is 11.3 Å². The van der Waals surface area contributed by atoms with Crippen molar-refractivity contribution in [3.05, 3.63) is 0 Å². The quantitative estimate of drug-likeness (QED) is 0.872. The smallest absolute Gasteiger partial charge is 0.270 e. The van der Waals surface area contributed by atoms with Crippen LogP contribution in [0.5, 0.6) is 0 Å². The SMILES string of the molecule is CC1CCC(NS(=O)(=O)c2nnc(N)s2)CC1C. The Kier molecular flexibility index (Phi) is 3.88. The van der Waals surface area contributed by atoms with E-state index in [4.69, 9.17) is 5.73 Å². The predicted octanol–water partition coefficient (Wildman–Crippen LogP) is 1.22. The van der Waals surface area contributed by atoms with Gasteiger partial charge < -0.3 is 5.73 Å². The van der Waals surface area contributed by atoms with E-state index in [1.807, 2.05) is 0 Å². The normalized spacial score (nSPS) is 29.3. The molecule has 0 aliphatic heterocycles. The largest absolute Gasteiger partial charge is 0.374 e. The molecule has 8 heteroatoms. The number of sulfonamides is 1. The first kappa shape index (κ1) is 13.7. The molecule has 102 valence electrons. The summed E-state index contributed by atoms with van der Waals surface area (Å²) < 4.78 is 26.7. The van der Waals surface area contributed by atoms with Crippen molar-refractivity contribution in [3.8, 4) is 0 Å². The van der Waals surface area contributed by atoms with Crippen molar-refractivity contribution in [3.63, 3.8) is 0 Å². The molecule has 3 unspecified atom stereocenters. The van der Waals surface area contributed by atoms with Gasteiger partial charge in [-0.2, -0.15) is 0 Å². The van der Waals surface area contributed by atoms with Gasteiger partial charge in [-0.05, 0) is 31.1 Å². The Hall–Kier alpha value is -0.730. The molecule has 1 fully saturated rings. The fraction of sp³-hybridized carbons (Fsp3) is 0.800. The summed E-state index contributed by atoms with van der Waals surface area (Å²) in [6, 6.07) is -0.00803. The van der Waals surface area contributed by atoms with Crippen LogP contribution in [0.25, 0.3) is 0 Å². The lowest BCUT2D eigenvalue weighted by atomic mass is 9.79. The number of nitrogens with two attached hydrogens (primary N) is 1. The van der Waals surface area contributed by atoms with E-state index in [2.05, 4.69) is 28.8 Å². The fourth-order valence-corrected chi connectivity index (χ4v) is 4.34. The Labute approximate surface area is 111 Å². The number of hydrogen-bond acceptors (Lipinski definition) is 6. The van der Waals surface area contributed by atoms with E-state index in [0.29, 0.717) is 11.8 Å². The third-order valence-electron chi connectivity index (χ3n) is 3.57. The molecule has 1 heterocycles. The zero-order valence-electron chi connectivity index (χ0n) is 10.5. The maximum absolute atomic E-state index is 12.0. The highest BCUT2D eigenvalue weighted by Crippen LogP contribution is 2.30. The summed E-state index contributed by atoms with van der Waals surface area (Å²) in [5, 5.41) is 7.28. The first-order valence-electron chi connectivity index (χ1n) is 6.00. The van der Waals surface area contributed by atoms with Crippen LogP contribution in [0.1, 0.15) is 33.1 Å². The molecule has 0 spiro atoms. The van der Waals surface area contributed by atoms with E-state index in [0.717, 1.165) is 30.6 Å². The molecular weight excluding hydrogens is 272 g/mol. The highest BCUT2D eigenvalue weighted by molar-refractivity contribution is 7.91. The van der Waals surface area contributed by atoms with Gasteiger partial charge in [-0.3, -0.25) is 0 Å². The Balaban J connectivity index is 2.05. The van der Waals surface area contributed by atoms with Crippen molar-refractivity contribution in [2.75, 3.05) is 5.73 Å². The van der Waals surface area contributed by atoms with Gasteiger partial charge in [0.05, 0.1) is 0 Å². The molecule has 0 saturated heterocycles. The van der Waals surface area contributed by atoms with Crippen molar-refractivity contribution in [2.24, 2.45) is 11.8 Å². The molecule has 1 aromatic heterocycles. The number of rotatable bonds is 3. The van der Waals surface area contributed by atoms with E-state index in [9.17, 15) is 8.42 Å². The monoisotopic (exact) mass is 290 g/mol. The lowest BCUT2D eigenvalue weighted by molar-refractivity contribution is 0.242. The second-order valence-electron chi connectivity index (χ2n) is 4.99. The summed E-state index contributed by atoms with van der Waals surface area (Å²) in [6.07, 6.45) is 2.79. The molecule has 1 aliphatic carbocycles. The van der Waals surface area contributed by atoms with Gasteiger partial charge in [0.1, 0.15) is 0 Å². The second kappa shape index (κ2) is 5.10. The molecule has 0 radical (unpaired) electrons. The van der Waals surface area contributed by atoms with Gasteiger partial charge in [0.25, 0.3) is 10.0 Å². The van der Waals surface area contributed by atoms with Crippen LogP contribution in [0.4, 0.5) is 5.13 Å². The van der Waals surface area contributed by atoms with Crippen molar-refractivity contribution in [1.82, 2.24) is 14.9 Å². The van der Waals surface area contributed by atoms with Crippen LogP contribution in [0.3, 0.4) is 0 Å². The Morgan fingerprint density at radius 2 is 2.00 bits per heavy atom. The first-order valence-corrected chi connectivity index (χ1v) is 8.30. The van der Waals surface area contributed by atoms with Gasteiger partial charge in [-0.15, -0.1) is 10.2 Å². The third-order valence-corrected chi connectivity index (χ3v) is 6.21. The summed E-state index contributed by atoms with van der Waals surface area (Å²) in [4.78, 5) is 0. The summed E-state index contributed by atoms with van der Waals surface area (Å²) in [5.74, 6) is 1.19. The number of nitrogen functional groups attached to an aromatic ring is 1. The van der Waals surface area contributed by atoms with Crippen LogP contribution < -0.4 is 10.5 Å². The Morgan fingerprint density at radius 3 is 2.56 bits per heavy atom. The van der Waals surface area contributed by atoms with Crippen molar-refractivity contribution >= 4 is 26.5 Å². The highest BCUT2D eigenvalue weighted by atomic mass is 32.2. The van der Waals surface area contributed by atoms with Crippen LogP contribution in [0.15, 0.2) is 4.34 Å². The molecule has 0 bridgehead atoms. The average Bonchev–Trinajstić information content (AvgIpc) is 2.71. The number of aromatic nitrogens is 2. The van der Waals surface area contributed by atoms with Crippen LogP contribution in [-0.2, 0) is 10.0 Å². The molecule has 6 nitrogen and oxygen atoms in total. The third kappa shape index (κ3) is 2.99. The maximum atomic E-state index is 12.0. The van der Waals surface area contributed by atoms with E-state index in [1.54, 1.807) is 0 Å². The first-order chi connectivity index (χ1) is 8.38. The lowest BCUT2D eigenvalue weighted by Gasteiger charge is -2.31. The Morgan fingerprint density at radius 1 is 1.28 bits per heavy atom. The summed E-state index contributed by atoms with van der Waals surface area (Å²) in [7, 11) is -3.57. The molecule has 1 aromatic rings.